The van der Waals surface area contributed by atoms with Crippen LogP contribution in [0.25, 0.3) is 0 Å². The molecule has 2 nitrogen and oxygen atoms in total. The van der Waals surface area contributed by atoms with Crippen LogP contribution in [0.4, 0.5) is 0 Å². The Morgan fingerprint density at radius 2 is 2.50 bits per heavy atom. The molecule has 0 aliphatic heterocycles. The zero-order valence-electron chi connectivity index (χ0n) is 6.10. The van der Waals surface area contributed by atoms with Gasteiger partial charge in [0.2, 0.25) is 0 Å². The van der Waals surface area contributed by atoms with E-state index in [1.807, 2.05) is 0 Å². The molecular formula is C8H13NO. The van der Waals surface area contributed by atoms with Crippen molar-refractivity contribution < 1.29 is 4.84 Å². The van der Waals surface area contributed by atoms with Gasteiger partial charge in [0.25, 0.3) is 0 Å². The highest BCUT2D eigenvalue weighted by Gasteiger charge is 1.82. The molecule has 0 unspecified atom stereocenters. The molecule has 0 saturated heterocycles. The van der Waals surface area contributed by atoms with Gasteiger partial charge in [0.1, 0.15) is 0 Å². The van der Waals surface area contributed by atoms with Crippen molar-refractivity contribution in [2.45, 2.75) is 12.8 Å². The number of hydrogen-bond acceptors (Lipinski definition) is 2. The molecule has 0 spiro atoms. The highest BCUT2D eigenvalue weighted by molar-refractivity contribution is 4.82. The van der Waals surface area contributed by atoms with Crippen molar-refractivity contribution in [2.24, 2.45) is 0 Å². The molecule has 0 saturated carbocycles. The van der Waals surface area contributed by atoms with Crippen LogP contribution >= 0.6 is 0 Å². The lowest BCUT2D eigenvalue weighted by Crippen LogP contribution is -2.15. The van der Waals surface area contributed by atoms with Crippen LogP contribution in [0.15, 0.2) is 12.7 Å². The third-order valence-electron chi connectivity index (χ3n) is 0.903. The second-order valence-electron chi connectivity index (χ2n) is 1.80. The van der Waals surface area contributed by atoms with E-state index in [9.17, 15) is 0 Å². The Hall–Kier alpha value is -0.780. The van der Waals surface area contributed by atoms with Crippen molar-refractivity contribution >= 4 is 0 Å². The van der Waals surface area contributed by atoms with Crippen molar-refractivity contribution in [3.63, 3.8) is 0 Å². The molecule has 0 bridgehead atoms. The van der Waals surface area contributed by atoms with Crippen LogP contribution in [0.2, 0.25) is 0 Å². The molecule has 10 heavy (non-hydrogen) atoms. The van der Waals surface area contributed by atoms with Crippen molar-refractivity contribution in [2.75, 3.05) is 13.2 Å². The van der Waals surface area contributed by atoms with Gasteiger partial charge in [-0.1, -0.05) is 6.08 Å². The molecular weight excluding hydrogens is 126 g/mol. The van der Waals surface area contributed by atoms with E-state index in [0.29, 0.717) is 6.61 Å². The van der Waals surface area contributed by atoms with Crippen molar-refractivity contribution in [1.29, 1.82) is 0 Å². The van der Waals surface area contributed by atoms with E-state index in [0.717, 1.165) is 19.4 Å². The Kier molecular flexibility index (Phi) is 7.58. The first-order chi connectivity index (χ1) is 4.91. The first-order valence-corrected chi connectivity index (χ1v) is 3.31. The SMILES string of the molecule is C#CCCCNOCC=C. The molecule has 56 valence electrons. The van der Waals surface area contributed by atoms with E-state index in [-0.39, 0.29) is 0 Å². The maximum absolute atomic E-state index is 5.03. The molecule has 0 aromatic carbocycles. The van der Waals surface area contributed by atoms with Crippen LogP contribution in [0.5, 0.6) is 0 Å². The van der Waals surface area contributed by atoms with Crippen molar-refractivity contribution in [3.8, 4) is 12.3 Å². The van der Waals surface area contributed by atoms with E-state index < -0.39 is 0 Å². The van der Waals surface area contributed by atoms with Crippen LogP contribution in [0.1, 0.15) is 12.8 Å². The van der Waals surface area contributed by atoms with E-state index in [4.69, 9.17) is 11.3 Å². The fourth-order valence-electron chi connectivity index (χ4n) is 0.453. The molecule has 0 aliphatic carbocycles. The molecule has 0 aromatic heterocycles. The lowest BCUT2D eigenvalue weighted by Gasteiger charge is -1.99. The summed E-state index contributed by atoms with van der Waals surface area (Å²) >= 11 is 0. The molecule has 0 fully saturated rings. The van der Waals surface area contributed by atoms with Gasteiger partial charge in [0, 0.05) is 13.0 Å². The summed E-state index contributed by atoms with van der Waals surface area (Å²) < 4.78 is 0. The quantitative estimate of drug-likeness (QED) is 0.257. The van der Waals surface area contributed by atoms with Gasteiger partial charge >= 0.3 is 0 Å². The Labute approximate surface area is 62.2 Å². The lowest BCUT2D eigenvalue weighted by molar-refractivity contribution is 0.0624. The molecule has 0 radical (unpaired) electrons. The van der Waals surface area contributed by atoms with E-state index in [1.54, 1.807) is 6.08 Å². The fraction of sp³-hybridized carbons (Fsp3) is 0.500. The molecule has 2 heteroatoms. The standard InChI is InChI=1S/C8H13NO/c1-3-5-6-7-9-10-8-4-2/h1,4,9H,2,5-8H2. The van der Waals surface area contributed by atoms with E-state index in [2.05, 4.69) is 18.0 Å². The van der Waals surface area contributed by atoms with Crippen LogP contribution < -0.4 is 5.48 Å². The average Bonchev–Trinajstić information content (AvgIpc) is 1.97. The summed E-state index contributed by atoms with van der Waals surface area (Å²) in [4.78, 5) is 4.89. The summed E-state index contributed by atoms with van der Waals surface area (Å²) in [5, 5.41) is 0. The Morgan fingerprint density at radius 1 is 1.70 bits per heavy atom. The molecule has 0 amide bonds. The number of rotatable bonds is 6. The highest BCUT2D eigenvalue weighted by atomic mass is 16.6. The maximum atomic E-state index is 5.03. The first kappa shape index (κ1) is 9.22. The Balaban J connectivity index is 2.78. The molecule has 0 rings (SSSR count). The average molecular weight is 139 g/mol. The Bertz CT molecular complexity index is 115. The third kappa shape index (κ3) is 7.22. The van der Waals surface area contributed by atoms with Crippen LogP contribution in [0.3, 0.4) is 0 Å². The highest BCUT2D eigenvalue weighted by Crippen LogP contribution is 1.82. The van der Waals surface area contributed by atoms with Gasteiger partial charge < -0.3 is 0 Å². The summed E-state index contributed by atoms with van der Waals surface area (Å²) in [6, 6.07) is 0. The summed E-state index contributed by atoms with van der Waals surface area (Å²) in [5.74, 6) is 2.54. The van der Waals surface area contributed by atoms with Gasteiger partial charge in [0.15, 0.2) is 0 Å². The number of unbranched alkanes of at least 4 members (excludes halogenated alkanes) is 1. The second kappa shape index (κ2) is 8.22. The largest absolute Gasteiger partial charge is 0.298 e. The summed E-state index contributed by atoms with van der Waals surface area (Å²) in [6.45, 7) is 4.84. The van der Waals surface area contributed by atoms with Gasteiger partial charge in [-0.2, -0.15) is 0 Å². The van der Waals surface area contributed by atoms with E-state index in [1.165, 1.54) is 0 Å². The minimum absolute atomic E-state index is 0.538. The number of hydrogen-bond donors (Lipinski definition) is 1. The van der Waals surface area contributed by atoms with Gasteiger partial charge in [-0.25, -0.2) is 5.48 Å². The molecule has 0 heterocycles. The van der Waals surface area contributed by atoms with Gasteiger partial charge in [0.05, 0.1) is 6.61 Å². The zero-order valence-corrected chi connectivity index (χ0v) is 6.10. The third-order valence-corrected chi connectivity index (χ3v) is 0.903. The molecule has 0 aliphatic rings. The van der Waals surface area contributed by atoms with Crippen molar-refractivity contribution in [1.82, 2.24) is 5.48 Å². The topological polar surface area (TPSA) is 21.3 Å². The minimum atomic E-state index is 0.538. The molecule has 1 N–H and O–H groups in total. The summed E-state index contributed by atoms with van der Waals surface area (Å²) in [7, 11) is 0. The maximum Gasteiger partial charge on any atom is 0.0861 e. The summed E-state index contributed by atoms with van der Waals surface area (Å²) in [5.41, 5.74) is 2.75. The van der Waals surface area contributed by atoms with Gasteiger partial charge in [-0.15, -0.1) is 18.9 Å². The first-order valence-electron chi connectivity index (χ1n) is 3.31. The lowest BCUT2D eigenvalue weighted by atomic mass is 10.3. The van der Waals surface area contributed by atoms with Gasteiger partial charge in [-0.05, 0) is 6.42 Å². The predicted octanol–water partition coefficient (Wildman–Crippen LogP) is 1.11. The number of nitrogens with one attached hydrogen (secondary N) is 1. The van der Waals surface area contributed by atoms with Crippen LogP contribution in [0, 0.1) is 12.3 Å². The number of terminal acetylenes is 1. The molecule has 0 aromatic rings. The fourth-order valence-corrected chi connectivity index (χ4v) is 0.453. The van der Waals surface area contributed by atoms with Gasteiger partial charge in [-0.3, -0.25) is 4.84 Å². The minimum Gasteiger partial charge on any atom is -0.298 e. The molecule has 0 atom stereocenters. The van der Waals surface area contributed by atoms with Crippen LogP contribution in [-0.4, -0.2) is 13.2 Å². The number of hydroxylamine groups is 1. The monoisotopic (exact) mass is 139 g/mol. The normalized spacial score (nSPS) is 8.70. The predicted molar refractivity (Wildman–Crippen MR) is 42.2 cm³/mol. The van der Waals surface area contributed by atoms with Crippen molar-refractivity contribution in [3.05, 3.63) is 12.7 Å². The smallest absolute Gasteiger partial charge is 0.0861 e. The summed E-state index contributed by atoms with van der Waals surface area (Å²) in [6.07, 6.45) is 8.47. The second-order valence-corrected chi connectivity index (χ2v) is 1.80. The van der Waals surface area contributed by atoms with E-state index >= 15 is 0 Å². The zero-order chi connectivity index (χ0) is 7.66. The van der Waals surface area contributed by atoms with Crippen LogP contribution in [-0.2, 0) is 4.84 Å². The Morgan fingerprint density at radius 3 is 3.10 bits per heavy atom.